The van der Waals surface area contributed by atoms with E-state index in [0.29, 0.717) is 0 Å². The molecule has 8 unspecified atom stereocenters. The lowest BCUT2D eigenvalue weighted by Crippen LogP contribution is -2.37. The fraction of sp³-hybridized carbons (Fsp3) is 0.913. The Balaban J connectivity index is 0.000000234. The topological polar surface area (TPSA) is 12.5 Å². The average molecular weight is 335 g/mol. The molecule has 0 spiro atoms. The molecule has 0 aromatic carbocycles. The van der Waals surface area contributed by atoms with Gasteiger partial charge in [-0.15, -0.1) is 0 Å². The Kier molecular flexibility index (Phi) is 6.85. The normalized spacial score (nSPS) is 45.7. The third-order valence-electron chi connectivity index (χ3n) is 7.24. The van der Waals surface area contributed by atoms with Crippen LogP contribution in [0.1, 0.15) is 87.5 Å². The zero-order chi connectivity index (χ0) is 18.0. The van der Waals surface area contributed by atoms with Crippen molar-refractivity contribution < 1.29 is 4.74 Å². The van der Waals surface area contributed by atoms with Crippen molar-refractivity contribution >= 4 is 0 Å². The first-order valence-corrected chi connectivity index (χ1v) is 11.3. The van der Waals surface area contributed by atoms with Crippen molar-refractivity contribution in [3.05, 3.63) is 11.5 Å². The molecule has 1 heterocycles. The van der Waals surface area contributed by atoms with Gasteiger partial charge in [0.15, 0.2) is 0 Å². The highest BCUT2D eigenvalue weighted by Gasteiger charge is 2.69. The van der Waals surface area contributed by atoms with Crippen molar-refractivity contribution in [2.45, 2.75) is 87.5 Å². The molecule has 4 bridgehead atoms. The second kappa shape index (κ2) is 8.28. The summed E-state index contributed by atoms with van der Waals surface area (Å²) in [5, 5.41) is 0. The quantitative estimate of drug-likeness (QED) is 0.424. The van der Waals surface area contributed by atoms with Crippen LogP contribution in [0, 0.1) is 47.3 Å². The minimum absolute atomic E-state index is 0.917. The molecule has 0 amide bonds. The van der Waals surface area contributed by atoms with Crippen LogP contribution in [0.2, 0.25) is 0 Å². The number of ether oxygens (including phenoxy) is 1. The second-order valence-corrected chi connectivity index (χ2v) is 7.33. The van der Waals surface area contributed by atoms with E-state index in [4.69, 9.17) is 4.74 Å². The van der Waals surface area contributed by atoms with Crippen LogP contribution in [0.25, 0.3) is 0 Å². The van der Waals surface area contributed by atoms with Gasteiger partial charge in [-0.2, -0.15) is 0 Å². The Morgan fingerprint density at radius 1 is 0.667 bits per heavy atom. The van der Waals surface area contributed by atoms with Crippen molar-refractivity contribution in [1.82, 2.24) is 0 Å². The van der Waals surface area contributed by atoms with Crippen molar-refractivity contribution in [2.24, 2.45) is 47.3 Å². The van der Waals surface area contributed by atoms with E-state index < -0.39 is 0 Å². The Bertz CT molecular complexity index is 437. The third-order valence-corrected chi connectivity index (χ3v) is 7.24. The van der Waals surface area contributed by atoms with Gasteiger partial charge >= 0.3 is 0 Å². The first kappa shape index (κ1) is 19.9. The fourth-order valence-electron chi connectivity index (χ4n) is 7.09. The SMILES string of the molecule is C1CC2CC1C1C3CC(C4C5=C(CC34)O5)C21.CC.CC.CC.CC. The summed E-state index contributed by atoms with van der Waals surface area (Å²) in [6, 6.07) is 0. The Morgan fingerprint density at radius 3 is 1.79 bits per heavy atom. The van der Waals surface area contributed by atoms with E-state index >= 15 is 0 Å². The standard InChI is InChI=1S/C15H18O.4C2H6/c1-2-7-3-6(1)12-8-4-10(13(7)12)14-9(8)5-11-15(14)16-11;4*1-2/h6-10,12-14H,1-5H2;4*1-2H3. The molecule has 0 radical (unpaired) electrons. The molecule has 0 aromatic rings. The van der Waals surface area contributed by atoms with Gasteiger partial charge in [-0.25, -0.2) is 0 Å². The lowest BCUT2D eigenvalue weighted by molar-refractivity contribution is 0.0569. The van der Waals surface area contributed by atoms with Gasteiger partial charge in [-0.1, -0.05) is 55.4 Å². The van der Waals surface area contributed by atoms with Gasteiger partial charge in [0.05, 0.1) is 0 Å². The molecule has 1 nitrogen and oxygen atoms in total. The highest BCUT2D eigenvalue weighted by Crippen LogP contribution is 2.75. The molecule has 6 aliphatic rings. The molecule has 0 saturated heterocycles. The summed E-state index contributed by atoms with van der Waals surface area (Å²) in [6.45, 7) is 16.0. The molecule has 8 atom stereocenters. The molecule has 1 aliphatic heterocycles. The van der Waals surface area contributed by atoms with Crippen molar-refractivity contribution in [1.29, 1.82) is 0 Å². The monoisotopic (exact) mass is 334 g/mol. The van der Waals surface area contributed by atoms with E-state index in [2.05, 4.69) is 0 Å². The maximum absolute atomic E-state index is 5.68. The minimum Gasteiger partial charge on any atom is -0.459 e. The van der Waals surface area contributed by atoms with E-state index in [1.165, 1.54) is 23.9 Å². The second-order valence-electron chi connectivity index (χ2n) is 7.33. The van der Waals surface area contributed by atoms with Crippen LogP contribution in [0.3, 0.4) is 0 Å². The van der Waals surface area contributed by atoms with Crippen LogP contribution < -0.4 is 0 Å². The Hall–Kier alpha value is -0.460. The summed E-state index contributed by atoms with van der Waals surface area (Å²) in [4.78, 5) is 0. The first-order chi connectivity index (χ1) is 11.9. The third kappa shape index (κ3) is 2.65. The number of hydrogen-bond donors (Lipinski definition) is 0. The maximum Gasteiger partial charge on any atom is 0.146 e. The molecule has 0 aromatic heterocycles. The van der Waals surface area contributed by atoms with E-state index in [1.807, 2.05) is 55.4 Å². The Labute approximate surface area is 151 Å². The van der Waals surface area contributed by atoms with Gasteiger partial charge in [0.2, 0.25) is 0 Å². The maximum atomic E-state index is 5.68. The smallest absolute Gasteiger partial charge is 0.146 e. The molecule has 140 valence electrons. The molecule has 1 heteroatoms. The number of rotatable bonds is 0. The molecule has 5 aliphatic carbocycles. The predicted octanol–water partition coefficient (Wildman–Crippen LogP) is 7.28. The van der Waals surface area contributed by atoms with Gasteiger partial charge in [0, 0.05) is 12.3 Å². The minimum atomic E-state index is 0.917. The van der Waals surface area contributed by atoms with Crippen LogP contribution in [-0.2, 0) is 4.74 Å². The van der Waals surface area contributed by atoms with Crippen LogP contribution in [0.5, 0.6) is 0 Å². The van der Waals surface area contributed by atoms with Gasteiger partial charge in [0.1, 0.15) is 11.5 Å². The summed E-state index contributed by atoms with van der Waals surface area (Å²) in [5.41, 5.74) is 0. The van der Waals surface area contributed by atoms with E-state index in [9.17, 15) is 0 Å². The van der Waals surface area contributed by atoms with Crippen LogP contribution in [0.15, 0.2) is 11.5 Å². The summed E-state index contributed by atoms with van der Waals surface area (Å²) < 4.78 is 5.68. The number of allylic oxidation sites excluding steroid dienone is 2. The zero-order valence-electron chi connectivity index (χ0n) is 17.6. The van der Waals surface area contributed by atoms with Crippen LogP contribution in [-0.4, -0.2) is 0 Å². The van der Waals surface area contributed by atoms with Gasteiger partial charge in [0.25, 0.3) is 0 Å². The van der Waals surface area contributed by atoms with E-state index in [-0.39, 0.29) is 0 Å². The van der Waals surface area contributed by atoms with E-state index in [1.54, 1.807) is 25.7 Å². The Morgan fingerprint density at radius 2 is 1.21 bits per heavy atom. The average Bonchev–Trinajstić information content (AvgIpc) is 3.20. The number of hydrogen-bond acceptors (Lipinski definition) is 1. The summed E-state index contributed by atoms with van der Waals surface area (Å²) in [7, 11) is 0. The van der Waals surface area contributed by atoms with Crippen molar-refractivity contribution in [2.75, 3.05) is 0 Å². The molecular weight excluding hydrogens is 292 g/mol. The molecular formula is C23H42O. The van der Waals surface area contributed by atoms with E-state index in [0.717, 1.165) is 41.4 Å². The first-order valence-electron chi connectivity index (χ1n) is 11.3. The lowest BCUT2D eigenvalue weighted by atomic mass is 9.64. The van der Waals surface area contributed by atoms with Crippen molar-refractivity contribution in [3.8, 4) is 0 Å². The van der Waals surface area contributed by atoms with Crippen LogP contribution >= 0.6 is 0 Å². The van der Waals surface area contributed by atoms with Gasteiger partial charge in [-0.05, 0) is 67.1 Å². The van der Waals surface area contributed by atoms with Gasteiger partial charge in [-0.3, -0.25) is 0 Å². The number of fused-ring (bicyclic) bond motifs is 13. The molecule has 24 heavy (non-hydrogen) atoms. The van der Waals surface area contributed by atoms with Gasteiger partial charge < -0.3 is 4.74 Å². The molecule has 0 N–H and O–H groups in total. The molecule has 4 saturated carbocycles. The molecule has 4 fully saturated rings. The van der Waals surface area contributed by atoms with Crippen molar-refractivity contribution in [3.63, 3.8) is 0 Å². The fourth-order valence-corrected chi connectivity index (χ4v) is 7.09. The van der Waals surface area contributed by atoms with Crippen LogP contribution in [0.4, 0.5) is 0 Å². The largest absolute Gasteiger partial charge is 0.459 e. The summed E-state index contributed by atoms with van der Waals surface area (Å²) in [5.74, 6) is 11.6. The molecule has 6 rings (SSSR count). The lowest BCUT2D eigenvalue weighted by Gasteiger charge is -2.41. The highest BCUT2D eigenvalue weighted by atomic mass is 16.6. The zero-order valence-corrected chi connectivity index (χ0v) is 17.6. The predicted molar refractivity (Wildman–Crippen MR) is 105 cm³/mol. The summed E-state index contributed by atoms with van der Waals surface area (Å²) >= 11 is 0. The highest BCUT2D eigenvalue weighted by molar-refractivity contribution is 5.34. The summed E-state index contributed by atoms with van der Waals surface area (Å²) in [6.07, 6.45) is 7.67.